The average Bonchev–Trinajstić information content (AvgIpc) is 2.40. The van der Waals surface area contributed by atoms with Crippen molar-refractivity contribution in [1.29, 1.82) is 0 Å². The maximum atomic E-state index is 10.5. The summed E-state index contributed by atoms with van der Waals surface area (Å²) in [7, 11) is 0. The van der Waals surface area contributed by atoms with Crippen LogP contribution in [0.25, 0.3) is 0 Å². The van der Waals surface area contributed by atoms with Gasteiger partial charge in [0.25, 0.3) is 0 Å². The molecule has 0 bridgehead atoms. The molecule has 0 aliphatic heterocycles. The van der Waals surface area contributed by atoms with Crippen LogP contribution >= 0.6 is 0 Å². The fraction of sp³-hybridized carbons (Fsp3) is 0.500. The second-order valence-corrected chi connectivity index (χ2v) is 2.73. The normalized spacial score (nSPS) is 9.64. The summed E-state index contributed by atoms with van der Waals surface area (Å²) in [6.45, 7) is 3.82. The van der Waals surface area contributed by atoms with E-state index >= 15 is 0 Å². The fourth-order valence-electron chi connectivity index (χ4n) is 0.612. The Labute approximate surface area is 78.9 Å². The first-order valence-corrected chi connectivity index (χ1v) is 3.95. The van der Waals surface area contributed by atoms with Gasteiger partial charge in [0.1, 0.15) is 5.08 Å². The molecule has 0 N–H and O–H groups in total. The molecule has 0 atom stereocenters. The van der Waals surface area contributed by atoms with Crippen LogP contribution in [0.3, 0.4) is 0 Å². The zero-order valence-corrected chi connectivity index (χ0v) is 7.77. The van der Waals surface area contributed by atoms with E-state index < -0.39 is 11.3 Å². The second-order valence-electron chi connectivity index (χ2n) is 2.73. The van der Waals surface area contributed by atoms with Gasteiger partial charge in [-0.25, -0.2) is 9.59 Å². The first-order valence-electron chi connectivity index (χ1n) is 3.95. The lowest BCUT2D eigenvalue weighted by atomic mass is 10.2. The Bertz CT molecular complexity index is 425. The van der Waals surface area contributed by atoms with E-state index in [1.807, 2.05) is 13.8 Å². The first kappa shape index (κ1) is 10.2. The van der Waals surface area contributed by atoms with Gasteiger partial charge in [-0.05, 0) is 0 Å². The van der Waals surface area contributed by atoms with E-state index in [0.29, 0.717) is 5.08 Å². The van der Waals surface area contributed by atoms with Crippen LogP contribution in [0.4, 0.5) is 0 Å². The summed E-state index contributed by atoms with van der Waals surface area (Å²) in [6, 6.07) is 0. The van der Waals surface area contributed by atoms with E-state index in [1.54, 1.807) is 0 Å². The van der Waals surface area contributed by atoms with Crippen molar-refractivity contribution >= 4 is 0 Å². The third kappa shape index (κ3) is 2.86. The number of rotatable bonds is 2. The molecule has 0 unspecified atom stereocenters. The van der Waals surface area contributed by atoms with Gasteiger partial charge in [0, 0.05) is 5.92 Å². The fourth-order valence-corrected chi connectivity index (χ4v) is 0.612. The van der Waals surface area contributed by atoms with Crippen LogP contribution in [0.2, 0.25) is 0 Å². The SMILES string of the molecule is CC(C)C#CCOn1oc(=O)c(=O)o1. The summed E-state index contributed by atoms with van der Waals surface area (Å²) in [5.74, 6) is 5.68. The smallest absolute Gasteiger partial charge is 0.344 e. The van der Waals surface area contributed by atoms with Crippen molar-refractivity contribution in [3.05, 3.63) is 20.8 Å². The maximum absolute atomic E-state index is 10.5. The molecule has 14 heavy (non-hydrogen) atoms. The van der Waals surface area contributed by atoms with Crippen LogP contribution in [0.5, 0.6) is 0 Å². The standard InChI is InChI=1S/C8H9NO5/c1-6(2)4-3-5-12-9-13-7(10)8(11)14-9/h6H,5H2,1-2H3. The lowest BCUT2D eigenvalue weighted by Crippen LogP contribution is -2.14. The molecule has 0 fully saturated rings. The largest absolute Gasteiger partial charge is 0.449 e. The van der Waals surface area contributed by atoms with Crippen molar-refractivity contribution in [2.45, 2.75) is 13.8 Å². The zero-order chi connectivity index (χ0) is 10.6. The third-order valence-electron chi connectivity index (χ3n) is 1.11. The highest BCUT2D eigenvalue weighted by Crippen LogP contribution is 1.84. The van der Waals surface area contributed by atoms with E-state index in [1.165, 1.54) is 0 Å². The highest BCUT2D eigenvalue weighted by atomic mass is 17.0. The van der Waals surface area contributed by atoms with Crippen molar-refractivity contribution in [3.63, 3.8) is 0 Å². The van der Waals surface area contributed by atoms with E-state index in [4.69, 9.17) is 0 Å². The minimum Gasteiger partial charge on any atom is -0.344 e. The Morgan fingerprint density at radius 1 is 1.36 bits per heavy atom. The van der Waals surface area contributed by atoms with E-state index in [0.717, 1.165) is 0 Å². The third-order valence-corrected chi connectivity index (χ3v) is 1.11. The molecule has 0 spiro atoms. The van der Waals surface area contributed by atoms with Gasteiger partial charge >= 0.3 is 11.3 Å². The van der Waals surface area contributed by atoms with Gasteiger partial charge in [-0.3, -0.25) is 9.05 Å². The average molecular weight is 199 g/mol. The molecule has 0 aliphatic carbocycles. The molecule has 76 valence electrons. The Hall–Kier alpha value is -1.90. The molecule has 0 aliphatic rings. The predicted molar refractivity (Wildman–Crippen MR) is 45.6 cm³/mol. The summed E-state index contributed by atoms with van der Waals surface area (Å²) in [5.41, 5.74) is -2.22. The van der Waals surface area contributed by atoms with Crippen LogP contribution in [-0.4, -0.2) is 11.7 Å². The number of hydrogen-bond acceptors (Lipinski definition) is 5. The van der Waals surface area contributed by atoms with Crippen LogP contribution in [0.1, 0.15) is 13.8 Å². The quantitative estimate of drug-likeness (QED) is 0.473. The number of hydrogen-bond donors (Lipinski definition) is 0. The number of aromatic nitrogens is 1. The summed E-state index contributed by atoms with van der Waals surface area (Å²) in [5, 5.41) is 0.347. The van der Waals surface area contributed by atoms with Crippen molar-refractivity contribution < 1.29 is 13.9 Å². The first-order chi connectivity index (χ1) is 6.59. The Morgan fingerprint density at radius 2 is 1.93 bits per heavy atom. The van der Waals surface area contributed by atoms with Gasteiger partial charge in [-0.1, -0.05) is 25.7 Å². The minimum absolute atomic E-state index is 0.0151. The van der Waals surface area contributed by atoms with E-state index in [2.05, 4.69) is 25.7 Å². The molecule has 0 radical (unpaired) electrons. The topological polar surface area (TPSA) is 74.6 Å². The molecule has 0 aromatic carbocycles. The summed E-state index contributed by atoms with van der Waals surface area (Å²) in [6.07, 6.45) is 0. The van der Waals surface area contributed by atoms with Gasteiger partial charge in [0.05, 0.1) is 0 Å². The van der Waals surface area contributed by atoms with Crippen molar-refractivity contribution in [2.24, 2.45) is 5.92 Å². The minimum atomic E-state index is -1.11. The Kier molecular flexibility index (Phi) is 3.18. The lowest BCUT2D eigenvalue weighted by Gasteiger charge is -1.93. The molecule has 6 nitrogen and oxygen atoms in total. The molecule has 0 saturated carbocycles. The van der Waals surface area contributed by atoms with Crippen molar-refractivity contribution in [2.75, 3.05) is 6.61 Å². The van der Waals surface area contributed by atoms with Gasteiger partial charge in [-0.2, -0.15) is 0 Å². The second kappa shape index (κ2) is 4.37. The van der Waals surface area contributed by atoms with Crippen LogP contribution in [0, 0.1) is 17.8 Å². The van der Waals surface area contributed by atoms with Crippen molar-refractivity contribution in [3.8, 4) is 11.8 Å². The molecule has 1 rings (SSSR count). The molecule has 6 heteroatoms. The zero-order valence-electron chi connectivity index (χ0n) is 7.77. The van der Waals surface area contributed by atoms with Gasteiger partial charge in [-0.15, -0.1) is 0 Å². The van der Waals surface area contributed by atoms with Gasteiger partial charge in [0.2, 0.25) is 0 Å². The van der Waals surface area contributed by atoms with Gasteiger partial charge < -0.3 is 4.84 Å². The Morgan fingerprint density at radius 3 is 2.43 bits per heavy atom. The van der Waals surface area contributed by atoms with E-state index in [-0.39, 0.29) is 12.5 Å². The maximum Gasteiger partial charge on any atom is 0.449 e. The highest BCUT2D eigenvalue weighted by Gasteiger charge is 2.03. The molecule has 0 amide bonds. The predicted octanol–water partition coefficient (Wildman–Crippen LogP) is -0.517. The van der Waals surface area contributed by atoms with Crippen molar-refractivity contribution in [1.82, 2.24) is 5.08 Å². The van der Waals surface area contributed by atoms with Crippen LogP contribution < -0.4 is 16.1 Å². The summed E-state index contributed by atoms with van der Waals surface area (Å²) < 4.78 is 8.43. The lowest BCUT2D eigenvalue weighted by molar-refractivity contribution is -0.135. The summed E-state index contributed by atoms with van der Waals surface area (Å²) in [4.78, 5) is 25.6. The molecule has 1 heterocycles. The number of nitrogens with zero attached hydrogens (tertiary/aromatic N) is 1. The molecule has 1 aromatic rings. The monoisotopic (exact) mass is 199 g/mol. The molecule has 0 saturated heterocycles. The highest BCUT2D eigenvalue weighted by molar-refractivity contribution is 5.01. The van der Waals surface area contributed by atoms with Crippen LogP contribution in [-0.2, 0) is 0 Å². The van der Waals surface area contributed by atoms with E-state index in [9.17, 15) is 9.59 Å². The van der Waals surface area contributed by atoms with Gasteiger partial charge in [0.15, 0.2) is 6.61 Å². The van der Waals surface area contributed by atoms with Crippen LogP contribution in [0.15, 0.2) is 18.6 Å². The Balaban J connectivity index is 2.52. The molecular formula is C8H9NO5. The molecular weight excluding hydrogens is 190 g/mol. The summed E-state index contributed by atoms with van der Waals surface area (Å²) >= 11 is 0. The molecule has 1 aromatic heterocycles.